The lowest BCUT2D eigenvalue weighted by molar-refractivity contribution is 0.623. The first-order chi connectivity index (χ1) is 9.10. The molecule has 0 aliphatic rings. The van der Waals surface area contributed by atoms with Crippen LogP contribution in [0.25, 0.3) is 0 Å². The highest BCUT2D eigenvalue weighted by atomic mass is 19.1. The summed E-state index contributed by atoms with van der Waals surface area (Å²) in [6, 6.07) is 12.2. The zero-order valence-corrected chi connectivity index (χ0v) is 10.4. The smallest absolute Gasteiger partial charge is 0.125 e. The van der Waals surface area contributed by atoms with Crippen molar-refractivity contribution in [3.05, 3.63) is 65.2 Å². The average molecular weight is 258 g/mol. The molecule has 96 valence electrons. The van der Waals surface area contributed by atoms with Crippen molar-refractivity contribution in [2.45, 2.75) is 6.54 Å². The molecule has 0 radical (unpaired) electrons. The van der Waals surface area contributed by atoms with Crippen LogP contribution < -0.4 is 4.90 Å². The van der Waals surface area contributed by atoms with Crippen molar-refractivity contribution < 1.29 is 8.78 Å². The van der Waals surface area contributed by atoms with Crippen LogP contribution in [0.4, 0.5) is 14.5 Å². The fourth-order valence-electron chi connectivity index (χ4n) is 1.86. The van der Waals surface area contributed by atoms with Crippen LogP contribution in [0, 0.1) is 23.0 Å². The van der Waals surface area contributed by atoms with Crippen molar-refractivity contribution in [2.75, 3.05) is 11.9 Å². The molecule has 0 fully saturated rings. The summed E-state index contributed by atoms with van der Waals surface area (Å²) < 4.78 is 26.3. The predicted octanol–water partition coefficient (Wildman–Crippen LogP) is 3.47. The number of nitriles is 1. The van der Waals surface area contributed by atoms with Crippen LogP contribution in [0.5, 0.6) is 0 Å². The first-order valence-electron chi connectivity index (χ1n) is 5.75. The fraction of sp³-hybridized carbons (Fsp3) is 0.133. The van der Waals surface area contributed by atoms with E-state index in [4.69, 9.17) is 5.26 Å². The summed E-state index contributed by atoms with van der Waals surface area (Å²) in [5.41, 5.74) is 1.67. The highest BCUT2D eigenvalue weighted by molar-refractivity contribution is 5.48. The first kappa shape index (κ1) is 13.0. The third-order valence-corrected chi connectivity index (χ3v) is 2.84. The van der Waals surface area contributed by atoms with Crippen LogP contribution in [0.1, 0.15) is 11.1 Å². The van der Waals surface area contributed by atoms with E-state index >= 15 is 0 Å². The maximum atomic E-state index is 13.2. The second kappa shape index (κ2) is 5.49. The van der Waals surface area contributed by atoms with Crippen LogP contribution in [-0.2, 0) is 6.54 Å². The van der Waals surface area contributed by atoms with Gasteiger partial charge in [-0.15, -0.1) is 0 Å². The van der Waals surface area contributed by atoms with E-state index < -0.39 is 0 Å². The summed E-state index contributed by atoms with van der Waals surface area (Å²) in [6.07, 6.45) is 0. The van der Waals surface area contributed by atoms with E-state index in [1.54, 1.807) is 24.1 Å². The number of benzene rings is 2. The van der Waals surface area contributed by atoms with E-state index in [1.807, 2.05) is 6.07 Å². The van der Waals surface area contributed by atoms with Gasteiger partial charge in [-0.1, -0.05) is 6.07 Å². The molecule has 0 aromatic heterocycles. The van der Waals surface area contributed by atoms with Gasteiger partial charge in [-0.25, -0.2) is 8.78 Å². The highest BCUT2D eigenvalue weighted by Gasteiger charge is 2.08. The molecule has 2 rings (SSSR count). The third kappa shape index (κ3) is 3.08. The van der Waals surface area contributed by atoms with E-state index in [2.05, 4.69) is 0 Å². The monoisotopic (exact) mass is 258 g/mol. The second-order valence-corrected chi connectivity index (χ2v) is 4.25. The molecule has 0 heterocycles. The lowest BCUT2D eigenvalue weighted by Gasteiger charge is -2.20. The lowest BCUT2D eigenvalue weighted by Crippen LogP contribution is -2.17. The van der Waals surface area contributed by atoms with E-state index in [0.717, 1.165) is 0 Å². The van der Waals surface area contributed by atoms with E-state index in [0.29, 0.717) is 23.4 Å². The minimum atomic E-state index is -0.387. The minimum absolute atomic E-state index is 0.330. The standard InChI is InChI=1S/C15H12F2N2/c1-19(15-4-2-3-13(16)8-15)10-12-7-14(17)6-5-11(12)9-18/h2-8H,10H2,1H3. The molecule has 0 atom stereocenters. The van der Waals surface area contributed by atoms with Crippen molar-refractivity contribution in [1.29, 1.82) is 5.26 Å². The molecule has 2 aromatic carbocycles. The van der Waals surface area contributed by atoms with Crippen LogP contribution in [-0.4, -0.2) is 7.05 Å². The van der Waals surface area contributed by atoms with Crippen molar-refractivity contribution >= 4 is 5.69 Å². The molecule has 0 aliphatic carbocycles. The average Bonchev–Trinajstić information content (AvgIpc) is 2.39. The molecular formula is C15H12F2N2. The van der Waals surface area contributed by atoms with Gasteiger partial charge in [0.25, 0.3) is 0 Å². The molecule has 0 unspecified atom stereocenters. The molecule has 0 spiro atoms. The minimum Gasteiger partial charge on any atom is -0.370 e. The van der Waals surface area contributed by atoms with Crippen LogP contribution in [0.15, 0.2) is 42.5 Å². The molecule has 0 saturated carbocycles. The number of anilines is 1. The van der Waals surface area contributed by atoms with Crippen molar-refractivity contribution in [3.8, 4) is 6.07 Å². The third-order valence-electron chi connectivity index (χ3n) is 2.84. The maximum Gasteiger partial charge on any atom is 0.125 e. The van der Waals surface area contributed by atoms with Gasteiger partial charge in [0.15, 0.2) is 0 Å². The Morgan fingerprint density at radius 2 is 1.84 bits per heavy atom. The van der Waals surface area contributed by atoms with Gasteiger partial charge in [-0.3, -0.25) is 0 Å². The van der Waals surface area contributed by atoms with Gasteiger partial charge in [-0.2, -0.15) is 5.26 Å². The lowest BCUT2D eigenvalue weighted by atomic mass is 10.1. The summed E-state index contributed by atoms with van der Waals surface area (Å²) in [6.45, 7) is 0.337. The van der Waals surface area contributed by atoms with Crippen LogP contribution >= 0.6 is 0 Å². The quantitative estimate of drug-likeness (QED) is 0.842. The van der Waals surface area contributed by atoms with Gasteiger partial charge >= 0.3 is 0 Å². The Hall–Kier alpha value is -2.41. The fourth-order valence-corrected chi connectivity index (χ4v) is 1.86. The van der Waals surface area contributed by atoms with Gasteiger partial charge in [0, 0.05) is 19.3 Å². The Bertz CT molecular complexity index is 632. The number of halogens is 2. The Labute approximate surface area is 110 Å². The van der Waals surface area contributed by atoms with E-state index in [1.165, 1.54) is 30.3 Å². The van der Waals surface area contributed by atoms with Crippen LogP contribution in [0.2, 0.25) is 0 Å². The van der Waals surface area contributed by atoms with Crippen molar-refractivity contribution in [2.24, 2.45) is 0 Å². The molecule has 0 saturated heterocycles. The Morgan fingerprint density at radius 3 is 2.53 bits per heavy atom. The summed E-state index contributed by atoms with van der Waals surface area (Å²) >= 11 is 0. The normalized spacial score (nSPS) is 10.0. The summed E-state index contributed by atoms with van der Waals surface area (Å²) in [4.78, 5) is 1.76. The zero-order valence-electron chi connectivity index (χ0n) is 10.4. The van der Waals surface area contributed by atoms with Crippen molar-refractivity contribution in [3.63, 3.8) is 0 Å². The Morgan fingerprint density at radius 1 is 1.11 bits per heavy atom. The summed E-state index contributed by atoms with van der Waals surface area (Å²) in [7, 11) is 1.76. The van der Waals surface area contributed by atoms with Gasteiger partial charge < -0.3 is 4.90 Å². The number of rotatable bonds is 3. The second-order valence-electron chi connectivity index (χ2n) is 4.25. The maximum absolute atomic E-state index is 13.2. The topological polar surface area (TPSA) is 27.0 Å². The molecule has 19 heavy (non-hydrogen) atoms. The molecule has 0 amide bonds. The Kier molecular flexibility index (Phi) is 3.76. The molecule has 4 heteroatoms. The van der Waals surface area contributed by atoms with Crippen LogP contribution in [0.3, 0.4) is 0 Å². The number of hydrogen-bond acceptors (Lipinski definition) is 2. The number of nitrogens with zero attached hydrogens (tertiary/aromatic N) is 2. The predicted molar refractivity (Wildman–Crippen MR) is 69.6 cm³/mol. The number of hydrogen-bond donors (Lipinski definition) is 0. The van der Waals surface area contributed by atoms with Gasteiger partial charge in [-0.05, 0) is 42.0 Å². The SMILES string of the molecule is CN(Cc1cc(F)ccc1C#N)c1cccc(F)c1. The highest BCUT2D eigenvalue weighted by Crippen LogP contribution is 2.19. The Balaban J connectivity index is 2.26. The summed E-state index contributed by atoms with van der Waals surface area (Å²) in [5.74, 6) is -0.717. The largest absolute Gasteiger partial charge is 0.370 e. The zero-order chi connectivity index (χ0) is 13.8. The van der Waals surface area contributed by atoms with Crippen molar-refractivity contribution in [1.82, 2.24) is 0 Å². The van der Waals surface area contributed by atoms with Gasteiger partial charge in [0.05, 0.1) is 11.6 Å². The van der Waals surface area contributed by atoms with E-state index in [-0.39, 0.29) is 11.6 Å². The van der Waals surface area contributed by atoms with Gasteiger partial charge in [0.1, 0.15) is 11.6 Å². The molecule has 0 bridgehead atoms. The molecule has 2 nitrogen and oxygen atoms in total. The molecular weight excluding hydrogens is 246 g/mol. The first-order valence-corrected chi connectivity index (χ1v) is 5.75. The summed E-state index contributed by atoms with van der Waals surface area (Å²) in [5, 5.41) is 8.99. The molecule has 2 aromatic rings. The van der Waals surface area contributed by atoms with Gasteiger partial charge in [0.2, 0.25) is 0 Å². The molecule has 0 aliphatic heterocycles. The van der Waals surface area contributed by atoms with E-state index in [9.17, 15) is 8.78 Å². The molecule has 0 N–H and O–H groups in total.